The number of nitrogens with one attached hydrogen (secondary N) is 1. The predicted molar refractivity (Wildman–Crippen MR) is 99.4 cm³/mol. The highest BCUT2D eigenvalue weighted by atomic mass is 79.9. The number of hydrogen-bond donors (Lipinski definition) is 1. The van der Waals surface area contributed by atoms with Gasteiger partial charge in [0.25, 0.3) is 0 Å². The van der Waals surface area contributed by atoms with Crippen molar-refractivity contribution in [2.24, 2.45) is 0 Å². The van der Waals surface area contributed by atoms with Crippen LogP contribution >= 0.6 is 15.9 Å². The van der Waals surface area contributed by atoms with E-state index in [-0.39, 0.29) is 12.5 Å². The summed E-state index contributed by atoms with van der Waals surface area (Å²) in [5.41, 5.74) is 2.80. The third-order valence-electron chi connectivity index (χ3n) is 4.16. The number of ether oxygens (including phenoxy) is 1. The molecule has 1 unspecified atom stereocenters. The van der Waals surface area contributed by atoms with Crippen molar-refractivity contribution >= 4 is 33.6 Å². The maximum Gasteiger partial charge on any atom is 0.408 e. The van der Waals surface area contributed by atoms with E-state index < -0.39 is 12.1 Å². The smallest absolute Gasteiger partial charge is 0.408 e. The number of rotatable bonds is 4. The third-order valence-corrected chi connectivity index (χ3v) is 5.05. The largest absolute Gasteiger partial charge is 0.445 e. The molecule has 2 amide bonds. The Bertz CT molecular complexity index is 779. The van der Waals surface area contributed by atoms with Crippen LogP contribution in [0.1, 0.15) is 17.5 Å². The summed E-state index contributed by atoms with van der Waals surface area (Å²) < 4.78 is 6.19. The Kier molecular flexibility index (Phi) is 5.38. The van der Waals surface area contributed by atoms with E-state index in [0.717, 1.165) is 21.3 Å². The van der Waals surface area contributed by atoms with E-state index in [2.05, 4.69) is 21.2 Å². The molecule has 0 aliphatic carbocycles. The van der Waals surface area contributed by atoms with Gasteiger partial charge in [-0.05, 0) is 42.7 Å². The van der Waals surface area contributed by atoms with E-state index in [4.69, 9.17) is 4.74 Å². The topological polar surface area (TPSA) is 58.6 Å². The number of carbonyl (C=O) groups is 2. The number of anilines is 1. The lowest BCUT2D eigenvalue weighted by Crippen LogP contribution is -2.41. The summed E-state index contributed by atoms with van der Waals surface area (Å²) >= 11 is 3.46. The summed E-state index contributed by atoms with van der Waals surface area (Å²) in [7, 11) is 0. The summed E-state index contributed by atoms with van der Waals surface area (Å²) in [6, 6.07) is 14.7. The molecule has 25 heavy (non-hydrogen) atoms. The molecule has 1 fully saturated rings. The third kappa shape index (κ3) is 4.20. The van der Waals surface area contributed by atoms with Gasteiger partial charge in [-0.15, -0.1) is 0 Å². The van der Waals surface area contributed by atoms with Crippen molar-refractivity contribution in [1.29, 1.82) is 0 Å². The monoisotopic (exact) mass is 402 g/mol. The van der Waals surface area contributed by atoms with Crippen molar-refractivity contribution < 1.29 is 14.3 Å². The van der Waals surface area contributed by atoms with Gasteiger partial charge >= 0.3 is 6.09 Å². The van der Waals surface area contributed by atoms with Crippen molar-refractivity contribution in [2.75, 3.05) is 11.4 Å². The van der Waals surface area contributed by atoms with E-state index >= 15 is 0 Å². The van der Waals surface area contributed by atoms with Gasteiger partial charge in [0.2, 0.25) is 5.91 Å². The second kappa shape index (κ2) is 7.70. The van der Waals surface area contributed by atoms with Crippen LogP contribution in [0.5, 0.6) is 0 Å². The molecule has 0 saturated carbocycles. The first-order valence-electron chi connectivity index (χ1n) is 8.09. The number of benzene rings is 2. The van der Waals surface area contributed by atoms with Crippen LogP contribution in [0.15, 0.2) is 53.0 Å². The number of carbonyl (C=O) groups excluding carboxylic acids is 2. The molecule has 5 nitrogen and oxygen atoms in total. The van der Waals surface area contributed by atoms with Crippen LogP contribution in [0.3, 0.4) is 0 Å². The van der Waals surface area contributed by atoms with Gasteiger partial charge in [0.15, 0.2) is 0 Å². The molecular formula is C19H19BrN2O3. The van der Waals surface area contributed by atoms with Crippen LogP contribution in [0.4, 0.5) is 10.5 Å². The zero-order valence-electron chi connectivity index (χ0n) is 13.9. The molecule has 0 bridgehead atoms. The Hall–Kier alpha value is -2.34. The molecule has 1 heterocycles. The normalized spacial score (nSPS) is 16.8. The second-order valence-corrected chi connectivity index (χ2v) is 6.83. The maximum atomic E-state index is 12.6. The number of nitrogens with zero attached hydrogens (tertiary/aromatic N) is 1. The zero-order chi connectivity index (χ0) is 17.8. The second-order valence-electron chi connectivity index (χ2n) is 5.97. The van der Waals surface area contributed by atoms with Crippen molar-refractivity contribution in [1.82, 2.24) is 5.32 Å². The molecule has 1 N–H and O–H groups in total. The summed E-state index contributed by atoms with van der Waals surface area (Å²) in [6.45, 7) is 2.73. The predicted octanol–water partition coefficient (Wildman–Crippen LogP) is 3.79. The van der Waals surface area contributed by atoms with Gasteiger partial charge < -0.3 is 15.0 Å². The Morgan fingerprint density at radius 1 is 1.28 bits per heavy atom. The lowest BCUT2D eigenvalue weighted by Gasteiger charge is -2.18. The van der Waals surface area contributed by atoms with Crippen LogP contribution in [-0.2, 0) is 16.1 Å². The Morgan fingerprint density at radius 3 is 2.76 bits per heavy atom. The maximum absolute atomic E-state index is 12.6. The van der Waals surface area contributed by atoms with Gasteiger partial charge in [-0.2, -0.15) is 0 Å². The first kappa shape index (κ1) is 17.5. The highest BCUT2D eigenvalue weighted by molar-refractivity contribution is 9.10. The SMILES string of the molecule is Cc1cc(N2CCC(NC(=O)OCc3ccccc3)C2=O)ccc1Br. The van der Waals surface area contributed by atoms with E-state index in [0.29, 0.717) is 13.0 Å². The molecule has 3 rings (SSSR count). The molecule has 1 aliphatic heterocycles. The number of aryl methyl sites for hydroxylation is 1. The van der Waals surface area contributed by atoms with Gasteiger partial charge in [-0.1, -0.05) is 46.3 Å². The summed E-state index contributed by atoms with van der Waals surface area (Å²) in [5, 5.41) is 2.66. The van der Waals surface area contributed by atoms with Crippen LogP contribution in [0.2, 0.25) is 0 Å². The number of hydrogen-bond acceptors (Lipinski definition) is 3. The quantitative estimate of drug-likeness (QED) is 0.845. The van der Waals surface area contributed by atoms with Crippen molar-refractivity contribution in [3.05, 3.63) is 64.1 Å². The molecule has 1 aliphatic rings. The number of amides is 2. The van der Waals surface area contributed by atoms with Crippen LogP contribution < -0.4 is 10.2 Å². The summed E-state index contributed by atoms with van der Waals surface area (Å²) in [5.74, 6) is -0.113. The Balaban J connectivity index is 1.56. The minimum atomic E-state index is -0.573. The van der Waals surface area contributed by atoms with Gasteiger partial charge in [0.1, 0.15) is 12.6 Å². The van der Waals surface area contributed by atoms with Gasteiger partial charge in [-0.25, -0.2) is 4.79 Å². The fourth-order valence-corrected chi connectivity index (χ4v) is 3.02. The molecule has 1 atom stereocenters. The molecule has 2 aromatic carbocycles. The molecule has 6 heteroatoms. The lowest BCUT2D eigenvalue weighted by molar-refractivity contribution is -0.118. The summed E-state index contributed by atoms with van der Waals surface area (Å²) in [4.78, 5) is 26.2. The average Bonchev–Trinajstić information content (AvgIpc) is 2.97. The van der Waals surface area contributed by atoms with E-state index in [1.54, 1.807) is 4.90 Å². The van der Waals surface area contributed by atoms with Crippen molar-refractivity contribution in [2.45, 2.75) is 26.0 Å². The van der Waals surface area contributed by atoms with Crippen LogP contribution in [0, 0.1) is 6.92 Å². The van der Waals surface area contributed by atoms with Gasteiger partial charge in [0.05, 0.1) is 0 Å². The van der Waals surface area contributed by atoms with Gasteiger partial charge in [-0.3, -0.25) is 4.79 Å². The molecule has 1 saturated heterocycles. The highest BCUT2D eigenvalue weighted by Crippen LogP contribution is 2.26. The van der Waals surface area contributed by atoms with Crippen LogP contribution in [-0.4, -0.2) is 24.6 Å². The van der Waals surface area contributed by atoms with Gasteiger partial charge in [0, 0.05) is 16.7 Å². The molecule has 0 aromatic heterocycles. The molecule has 0 spiro atoms. The molecular weight excluding hydrogens is 384 g/mol. The number of halogens is 1. The zero-order valence-corrected chi connectivity index (χ0v) is 15.5. The lowest BCUT2D eigenvalue weighted by atomic mass is 10.2. The highest BCUT2D eigenvalue weighted by Gasteiger charge is 2.34. The van der Waals surface area contributed by atoms with E-state index in [1.165, 1.54) is 0 Å². The molecule has 0 radical (unpaired) electrons. The minimum absolute atomic E-state index is 0.113. The average molecular weight is 403 g/mol. The van der Waals surface area contributed by atoms with Crippen molar-refractivity contribution in [3.8, 4) is 0 Å². The fraction of sp³-hybridized carbons (Fsp3) is 0.263. The Morgan fingerprint density at radius 2 is 2.04 bits per heavy atom. The first-order chi connectivity index (χ1) is 12.0. The molecule has 2 aromatic rings. The fourth-order valence-electron chi connectivity index (χ4n) is 2.77. The summed E-state index contributed by atoms with van der Waals surface area (Å²) in [6.07, 6.45) is -0.00924. The van der Waals surface area contributed by atoms with Crippen LogP contribution in [0.25, 0.3) is 0 Å². The standard InChI is InChI=1S/C19H19BrN2O3/c1-13-11-15(7-8-16(13)20)22-10-9-17(18(22)23)21-19(24)25-12-14-5-3-2-4-6-14/h2-8,11,17H,9-10,12H2,1H3,(H,21,24). The number of alkyl carbamates (subject to hydrolysis) is 1. The van der Waals surface area contributed by atoms with E-state index in [1.807, 2.05) is 55.5 Å². The van der Waals surface area contributed by atoms with E-state index in [9.17, 15) is 9.59 Å². The minimum Gasteiger partial charge on any atom is -0.445 e. The molecule has 130 valence electrons. The van der Waals surface area contributed by atoms with Crippen molar-refractivity contribution in [3.63, 3.8) is 0 Å². The first-order valence-corrected chi connectivity index (χ1v) is 8.88. The Labute approximate surface area is 155 Å².